The average Bonchev–Trinajstić information content (AvgIpc) is 2.78. The molecule has 17 heavy (non-hydrogen) atoms. The molecular formula is C12H13Cl2N3. The second-order valence-corrected chi connectivity index (χ2v) is 4.52. The maximum Gasteiger partial charge on any atom is 0.0729 e. The van der Waals surface area contributed by atoms with Crippen LogP contribution in [0, 0.1) is 0 Å². The van der Waals surface area contributed by atoms with Gasteiger partial charge in [0.05, 0.1) is 11.9 Å². The van der Waals surface area contributed by atoms with Crippen LogP contribution in [-0.2, 0) is 13.1 Å². The predicted molar refractivity (Wildman–Crippen MR) is 71.7 cm³/mol. The molecule has 1 aromatic carbocycles. The van der Waals surface area contributed by atoms with Gasteiger partial charge in [0.1, 0.15) is 0 Å². The Balaban J connectivity index is 2.04. The van der Waals surface area contributed by atoms with E-state index in [0.29, 0.717) is 16.6 Å². The summed E-state index contributed by atoms with van der Waals surface area (Å²) >= 11 is 12.0. The van der Waals surface area contributed by atoms with E-state index in [1.165, 1.54) is 0 Å². The topological polar surface area (TPSA) is 29.9 Å². The molecule has 0 atom stereocenters. The Morgan fingerprint density at radius 3 is 2.88 bits per heavy atom. The SMILES string of the molecule is CCn1cc(NCc2cc(Cl)ccc2Cl)cn1. The molecule has 0 radical (unpaired) electrons. The normalized spacial score (nSPS) is 10.5. The molecule has 90 valence electrons. The Morgan fingerprint density at radius 1 is 1.35 bits per heavy atom. The summed E-state index contributed by atoms with van der Waals surface area (Å²) in [7, 11) is 0. The Kier molecular flexibility index (Phi) is 3.92. The molecule has 1 N–H and O–H groups in total. The summed E-state index contributed by atoms with van der Waals surface area (Å²) in [4.78, 5) is 0. The number of nitrogens with one attached hydrogen (secondary N) is 1. The molecular weight excluding hydrogens is 257 g/mol. The van der Waals surface area contributed by atoms with Crippen LogP contribution in [-0.4, -0.2) is 9.78 Å². The van der Waals surface area contributed by atoms with Gasteiger partial charge in [0, 0.05) is 29.3 Å². The van der Waals surface area contributed by atoms with Crippen molar-refractivity contribution in [1.29, 1.82) is 0 Å². The molecule has 0 amide bonds. The molecule has 1 heterocycles. The van der Waals surface area contributed by atoms with E-state index in [4.69, 9.17) is 23.2 Å². The molecule has 0 saturated carbocycles. The van der Waals surface area contributed by atoms with Crippen molar-refractivity contribution in [3.63, 3.8) is 0 Å². The van der Waals surface area contributed by atoms with Gasteiger partial charge in [0.25, 0.3) is 0 Å². The molecule has 0 unspecified atom stereocenters. The summed E-state index contributed by atoms with van der Waals surface area (Å²) in [6.45, 7) is 3.54. The fourth-order valence-corrected chi connectivity index (χ4v) is 1.88. The van der Waals surface area contributed by atoms with Crippen LogP contribution in [0.5, 0.6) is 0 Å². The minimum Gasteiger partial charge on any atom is -0.378 e. The Morgan fingerprint density at radius 2 is 2.18 bits per heavy atom. The lowest BCUT2D eigenvalue weighted by molar-refractivity contribution is 0.660. The number of hydrogen-bond acceptors (Lipinski definition) is 2. The van der Waals surface area contributed by atoms with Gasteiger partial charge in [-0.2, -0.15) is 5.10 Å². The van der Waals surface area contributed by atoms with Gasteiger partial charge in [-0.05, 0) is 30.7 Å². The highest BCUT2D eigenvalue weighted by molar-refractivity contribution is 6.33. The van der Waals surface area contributed by atoms with Gasteiger partial charge >= 0.3 is 0 Å². The minimum atomic E-state index is 0.634. The number of aryl methyl sites for hydroxylation is 1. The maximum atomic E-state index is 6.08. The summed E-state index contributed by atoms with van der Waals surface area (Å²) in [5.41, 5.74) is 1.95. The largest absolute Gasteiger partial charge is 0.378 e. The number of hydrogen-bond donors (Lipinski definition) is 1. The van der Waals surface area contributed by atoms with Gasteiger partial charge in [-0.25, -0.2) is 0 Å². The van der Waals surface area contributed by atoms with Crippen LogP contribution in [0.4, 0.5) is 5.69 Å². The first-order chi connectivity index (χ1) is 8.19. The number of nitrogens with zero attached hydrogens (tertiary/aromatic N) is 2. The zero-order valence-corrected chi connectivity index (χ0v) is 11.0. The van der Waals surface area contributed by atoms with Crippen LogP contribution in [0.1, 0.15) is 12.5 Å². The van der Waals surface area contributed by atoms with Crippen molar-refractivity contribution in [2.24, 2.45) is 0 Å². The molecule has 0 aliphatic rings. The lowest BCUT2D eigenvalue weighted by Gasteiger charge is -2.06. The highest BCUT2D eigenvalue weighted by Gasteiger charge is 2.02. The van der Waals surface area contributed by atoms with E-state index in [9.17, 15) is 0 Å². The second-order valence-electron chi connectivity index (χ2n) is 3.67. The first kappa shape index (κ1) is 12.3. The lowest BCUT2D eigenvalue weighted by atomic mass is 10.2. The summed E-state index contributed by atoms with van der Waals surface area (Å²) in [6, 6.07) is 5.44. The third kappa shape index (κ3) is 3.14. The van der Waals surface area contributed by atoms with Gasteiger partial charge in [-0.1, -0.05) is 23.2 Å². The number of rotatable bonds is 4. The van der Waals surface area contributed by atoms with E-state index in [0.717, 1.165) is 17.8 Å². The van der Waals surface area contributed by atoms with E-state index in [1.807, 2.05) is 23.9 Å². The summed E-state index contributed by atoms with van der Waals surface area (Å²) in [5.74, 6) is 0. The summed E-state index contributed by atoms with van der Waals surface area (Å²) in [6.07, 6.45) is 3.75. The molecule has 0 aliphatic carbocycles. The summed E-state index contributed by atoms with van der Waals surface area (Å²) < 4.78 is 1.86. The highest BCUT2D eigenvalue weighted by atomic mass is 35.5. The number of aromatic nitrogens is 2. The highest BCUT2D eigenvalue weighted by Crippen LogP contribution is 2.21. The second kappa shape index (κ2) is 5.43. The average molecular weight is 270 g/mol. The molecule has 2 aromatic rings. The maximum absolute atomic E-state index is 6.08. The van der Waals surface area contributed by atoms with Crippen LogP contribution in [0.15, 0.2) is 30.6 Å². The van der Waals surface area contributed by atoms with Crippen molar-refractivity contribution in [1.82, 2.24) is 9.78 Å². The Hall–Kier alpha value is -1.19. The van der Waals surface area contributed by atoms with Crippen molar-refractivity contribution in [3.8, 4) is 0 Å². The number of anilines is 1. The van der Waals surface area contributed by atoms with Gasteiger partial charge in [-0.15, -0.1) is 0 Å². The van der Waals surface area contributed by atoms with Crippen LogP contribution >= 0.6 is 23.2 Å². The standard InChI is InChI=1S/C12H13Cl2N3/c1-2-17-8-11(7-16-17)15-6-9-5-10(13)3-4-12(9)14/h3-5,7-8,15H,2,6H2,1H3. The fraction of sp³-hybridized carbons (Fsp3) is 0.250. The smallest absolute Gasteiger partial charge is 0.0729 e. The zero-order chi connectivity index (χ0) is 12.3. The Labute approximate surface area is 110 Å². The van der Waals surface area contributed by atoms with Gasteiger partial charge in [-0.3, -0.25) is 4.68 Å². The molecule has 3 nitrogen and oxygen atoms in total. The Bertz CT molecular complexity index is 508. The quantitative estimate of drug-likeness (QED) is 0.915. The predicted octanol–water partition coefficient (Wildman–Crippen LogP) is 3.82. The van der Waals surface area contributed by atoms with Crippen LogP contribution in [0.25, 0.3) is 0 Å². The van der Waals surface area contributed by atoms with Crippen molar-refractivity contribution in [2.45, 2.75) is 20.0 Å². The van der Waals surface area contributed by atoms with Crippen LogP contribution in [0.2, 0.25) is 10.0 Å². The van der Waals surface area contributed by atoms with Crippen molar-refractivity contribution in [2.75, 3.05) is 5.32 Å². The zero-order valence-electron chi connectivity index (χ0n) is 9.45. The van der Waals surface area contributed by atoms with Gasteiger partial charge in [0.15, 0.2) is 0 Å². The molecule has 0 fully saturated rings. The minimum absolute atomic E-state index is 0.634. The first-order valence-electron chi connectivity index (χ1n) is 5.39. The molecule has 2 rings (SSSR count). The molecule has 0 aliphatic heterocycles. The third-order valence-corrected chi connectivity index (χ3v) is 3.05. The first-order valence-corrected chi connectivity index (χ1v) is 6.15. The number of benzene rings is 1. The van der Waals surface area contributed by atoms with Crippen molar-refractivity contribution in [3.05, 3.63) is 46.2 Å². The van der Waals surface area contributed by atoms with E-state index >= 15 is 0 Å². The van der Waals surface area contributed by atoms with Crippen LogP contribution < -0.4 is 5.32 Å². The van der Waals surface area contributed by atoms with E-state index < -0.39 is 0 Å². The number of halogens is 2. The molecule has 0 saturated heterocycles. The van der Waals surface area contributed by atoms with E-state index in [2.05, 4.69) is 10.4 Å². The monoisotopic (exact) mass is 269 g/mol. The molecule has 1 aromatic heterocycles. The molecule has 0 spiro atoms. The summed E-state index contributed by atoms with van der Waals surface area (Å²) in [5, 5.41) is 8.84. The van der Waals surface area contributed by atoms with E-state index in [-0.39, 0.29) is 0 Å². The van der Waals surface area contributed by atoms with Gasteiger partial charge < -0.3 is 5.32 Å². The lowest BCUT2D eigenvalue weighted by Crippen LogP contribution is -1.99. The van der Waals surface area contributed by atoms with Gasteiger partial charge in [0.2, 0.25) is 0 Å². The van der Waals surface area contributed by atoms with E-state index in [1.54, 1.807) is 18.3 Å². The molecule has 5 heteroatoms. The van der Waals surface area contributed by atoms with Crippen molar-refractivity contribution >= 4 is 28.9 Å². The third-order valence-electron chi connectivity index (χ3n) is 2.45. The van der Waals surface area contributed by atoms with Crippen LogP contribution in [0.3, 0.4) is 0 Å². The van der Waals surface area contributed by atoms with Crippen molar-refractivity contribution < 1.29 is 0 Å². The molecule has 0 bridgehead atoms. The fourth-order valence-electron chi connectivity index (χ4n) is 1.50.